The minimum Gasteiger partial charge on any atom is -0.495 e. The average molecular weight is 398 g/mol. The summed E-state index contributed by atoms with van der Waals surface area (Å²) in [6, 6.07) is 27.0. The maximum Gasteiger partial charge on any atom is 0.228 e. The number of anilines is 1. The Morgan fingerprint density at radius 3 is 2.37 bits per heavy atom. The van der Waals surface area contributed by atoms with Crippen molar-refractivity contribution in [2.45, 2.75) is 25.0 Å². The van der Waals surface area contributed by atoms with Gasteiger partial charge in [0.05, 0.1) is 18.9 Å². The molecule has 150 valence electrons. The zero-order valence-corrected chi connectivity index (χ0v) is 16.7. The van der Waals surface area contributed by atoms with Crippen LogP contribution in [0.25, 0.3) is 0 Å². The lowest BCUT2D eigenvalue weighted by atomic mass is 9.87. The van der Waals surface area contributed by atoms with E-state index >= 15 is 0 Å². The maximum absolute atomic E-state index is 13.0. The van der Waals surface area contributed by atoms with Crippen molar-refractivity contribution >= 4 is 11.6 Å². The third kappa shape index (κ3) is 3.37. The first-order valence-corrected chi connectivity index (χ1v) is 9.83. The molecule has 0 aromatic heterocycles. The molecule has 30 heavy (non-hydrogen) atoms. The van der Waals surface area contributed by atoms with Gasteiger partial charge in [-0.15, -0.1) is 0 Å². The molecule has 0 spiro atoms. The highest BCUT2D eigenvalue weighted by Gasteiger charge is 2.50. The van der Waals surface area contributed by atoms with Gasteiger partial charge in [-0.1, -0.05) is 60.7 Å². The minimum atomic E-state index is -1.17. The molecule has 1 amide bonds. The topological polar surface area (TPSA) is 62.6 Å². The van der Waals surface area contributed by atoms with Crippen LogP contribution in [0.3, 0.4) is 0 Å². The molecule has 5 nitrogen and oxygen atoms in total. The molecule has 1 atom stereocenters. The molecular weight excluding hydrogens is 376 g/mol. The molecule has 1 saturated heterocycles. The number of carbonyl (C=O) groups is 1. The molecule has 4 rings (SSSR count). The van der Waals surface area contributed by atoms with E-state index in [0.29, 0.717) is 35.8 Å². The van der Waals surface area contributed by atoms with Crippen molar-refractivity contribution in [2.75, 3.05) is 12.0 Å². The molecule has 0 aliphatic carbocycles. The standard InChI is InChI=1S/C25H22N2O3/c1-29-23-14-8-6-12-21(23)27-24(28)15-16-25(27,18-26)20-11-5-7-13-22(20)30-17-19-9-3-2-4-10-19/h2-14H,15-17H2,1H3/t25-/m1/s1. The van der Waals surface area contributed by atoms with E-state index in [1.807, 2.05) is 72.8 Å². The normalized spacial score (nSPS) is 18.1. The number of hydrogen-bond acceptors (Lipinski definition) is 4. The van der Waals surface area contributed by atoms with Gasteiger partial charge in [-0.3, -0.25) is 9.69 Å². The number of hydrogen-bond donors (Lipinski definition) is 0. The van der Waals surface area contributed by atoms with Crippen LogP contribution in [0.2, 0.25) is 0 Å². The van der Waals surface area contributed by atoms with Crippen molar-refractivity contribution in [3.05, 3.63) is 90.0 Å². The molecule has 5 heteroatoms. The van der Waals surface area contributed by atoms with Gasteiger partial charge in [0.2, 0.25) is 5.91 Å². The van der Waals surface area contributed by atoms with Crippen LogP contribution in [0.1, 0.15) is 24.0 Å². The fourth-order valence-electron chi connectivity index (χ4n) is 3.97. The number of nitriles is 1. The van der Waals surface area contributed by atoms with Crippen LogP contribution in [0.4, 0.5) is 5.69 Å². The van der Waals surface area contributed by atoms with Crippen molar-refractivity contribution < 1.29 is 14.3 Å². The first kappa shape index (κ1) is 19.5. The lowest BCUT2D eigenvalue weighted by Crippen LogP contribution is -2.43. The number of para-hydroxylation sites is 3. The highest BCUT2D eigenvalue weighted by molar-refractivity contribution is 6.00. The number of nitrogens with zero attached hydrogens (tertiary/aromatic N) is 2. The number of ether oxygens (including phenoxy) is 2. The summed E-state index contributed by atoms with van der Waals surface area (Å²) in [5.74, 6) is 1.03. The Morgan fingerprint density at radius 2 is 1.63 bits per heavy atom. The van der Waals surface area contributed by atoms with Crippen LogP contribution in [0, 0.1) is 11.3 Å². The van der Waals surface area contributed by atoms with Crippen molar-refractivity contribution in [3.8, 4) is 17.6 Å². The van der Waals surface area contributed by atoms with Crippen molar-refractivity contribution in [1.29, 1.82) is 5.26 Å². The molecule has 1 heterocycles. The zero-order chi connectivity index (χ0) is 21.0. The van der Waals surface area contributed by atoms with Gasteiger partial charge < -0.3 is 9.47 Å². The van der Waals surface area contributed by atoms with Crippen LogP contribution in [-0.2, 0) is 16.9 Å². The first-order valence-electron chi connectivity index (χ1n) is 9.83. The summed E-state index contributed by atoms with van der Waals surface area (Å²) in [4.78, 5) is 14.5. The number of rotatable bonds is 6. The van der Waals surface area contributed by atoms with Gasteiger partial charge in [0.25, 0.3) is 0 Å². The highest BCUT2D eigenvalue weighted by Crippen LogP contribution is 2.47. The number of carbonyl (C=O) groups excluding carboxylic acids is 1. The zero-order valence-electron chi connectivity index (χ0n) is 16.7. The fourth-order valence-corrected chi connectivity index (χ4v) is 3.97. The van der Waals surface area contributed by atoms with Crippen LogP contribution < -0.4 is 14.4 Å². The van der Waals surface area contributed by atoms with E-state index in [9.17, 15) is 10.1 Å². The third-order valence-corrected chi connectivity index (χ3v) is 5.41. The van der Waals surface area contributed by atoms with Crippen LogP contribution in [0.5, 0.6) is 11.5 Å². The Bertz CT molecular complexity index is 1090. The van der Waals surface area contributed by atoms with Crippen LogP contribution in [0.15, 0.2) is 78.9 Å². The van der Waals surface area contributed by atoms with E-state index in [4.69, 9.17) is 9.47 Å². The van der Waals surface area contributed by atoms with E-state index in [-0.39, 0.29) is 12.3 Å². The molecule has 1 aliphatic rings. The molecule has 3 aromatic carbocycles. The lowest BCUT2D eigenvalue weighted by Gasteiger charge is -2.34. The average Bonchev–Trinajstić information content (AvgIpc) is 3.15. The Kier molecular flexibility index (Phi) is 5.40. The summed E-state index contributed by atoms with van der Waals surface area (Å²) in [5, 5.41) is 10.4. The Balaban J connectivity index is 1.77. The second-order valence-corrected chi connectivity index (χ2v) is 7.14. The largest absolute Gasteiger partial charge is 0.495 e. The van der Waals surface area contributed by atoms with E-state index in [0.717, 1.165) is 5.56 Å². The quantitative estimate of drug-likeness (QED) is 0.597. The molecule has 3 aromatic rings. The summed E-state index contributed by atoms with van der Waals surface area (Å²) in [6.45, 7) is 0.377. The predicted molar refractivity (Wildman–Crippen MR) is 114 cm³/mol. The summed E-state index contributed by atoms with van der Waals surface area (Å²) < 4.78 is 11.6. The summed E-state index contributed by atoms with van der Waals surface area (Å²) >= 11 is 0. The first-order chi connectivity index (χ1) is 14.7. The molecule has 0 radical (unpaired) electrons. The Morgan fingerprint density at radius 1 is 0.967 bits per heavy atom. The highest BCUT2D eigenvalue weighted by atomic mass is 16.5. The van der Waals surface area contributed by atoms with Crippen molar-refractivity contribution in [3.63, 3.8) is 0 Å². The molecule has 1 aliphatic heterocycles. The smallest absolute Gasteiger partial charge is 0.228 e. The second-order valence-electron chi connectivity index (χ2n) is 7.14. The van der Waals surface area contributed by atoms with E-state index < -0.39 is 5.54 Å². The monoisotopic (exact) mass is 398 g/mol. The molecule has 0 N–H and O–H groups in total. The van der Waals surface area contributed by atoms with Crippen molar-refractivity contribution in [2.24, 2.45) is 0 Å². The second kappa shape index (κ2) is 8.30. The number of methoxy groups -OCH3 is 1. The van der Waals surface area contributed by atoms with Gasteiger partial charge >= 0.3 is 0 Å². The molecule has 0 unspecified atom stereocenters. The van der Waals surface area contributed by atoms with Crippen molar-refractivity contribution in [1.82, 2.24) is 0 Å². The Hall–Kier alpha value is -3.78. The van der Waals surface area contributed by atoms with E-state index in [1.54, 1.807) is 18.1 Å². The predicted octanol–water partition coefficient (Wildman–Crippen LogP) is 4.82. The molecule has 0 saturated carbocycles. The van der Waals surface area contributed by atoms with Gasteiger partial charge in [0, 0.05) is 12.0 Å². The van der Waals surface area contributed by atoms with E-state index in [1.165, 1.54) is 0 Å². The lowest BCUT2D eigenvalue weighted by molar-refractivity contribution is -0.117. The summed E-state index contributed by atoms with van der Waals surface area (Å²) in [7, 11) is 1.56. The summed E-state index contributed by atoms with van der Waals surface area (Å²) in [5.41, 5.74) is 1.13. The van der Waals surface area contributed by atoms with Gasteiger partial charge in [-0.25, -0.2) is 0 Å². The molecule has 0 bridgehead atoms. The van der Waals surface area contributed by atoms with E-state index in [2.05, 4.69) is 6.07 Å². The van der Waals surface area contributed by atoms with Gasteiger partial charge in [-0.2, -0.15) is 5.26 Å². The minimum absolute atomic E-state index is 0.112. The van der Waals surface area contributed by atoms with Gasteiger partial charge in [-0.05, 0) is 30.2 Å². The number of benzene rings is 3. The molecular formula is C25H22N2O3. The Labute approximate surface area is 176 Å². The SMILES string of the molecule is COc1ccccc1N1C(=O)CC[C@@]1(C#N)c1ccccc1OCc1ccccc1. The molecule has 1 fully saturated rings. The summed E-state index contributed by atoms with van der Waals surface area (Å²) in [6.07, 6.45) is 0.657. The number of amides is 1. The fraction of sp³-hybridized carbons (Fsp3) is 0.200. The van der Waals surface area contributed by atoms with Crippen LogP contribution >= 0.6 is 0 Å². The third-order valence-electron chi connectivity index (χ3n) is 5.41. The maximum atomic E-state index is 13.0. The van der Waals surface area contributed by atoms with Gasteiger partial charge in [0.1, 0.15) is 18.1 Å². The van der Waals surface area contributed by atoms with Crippen LogP contribution in [-0.4, -0.2) is 13.0 Å². The van der Waals surface area contributed by atoms with Gasteiger partial charge in [0.15, 0.2) is 5.54 Å².